The second-order valence-electron chi connectivity index (χ2n) is 3.79. The predicted molar refractivity (Wildman–Crippen MR) is 60.8 cm³/mol. The lowest BCUT2D eigenvalue weighted by atomic mass is 10.1. The largest absolute Gasteiger partial charge is 0.336 e. The molecule has 0 aliphatic carbocycles. The van der Waals surface area contributed by atoms with Crippen LogP contribution in [-0.4, -0.2) is 11.9 Å². The molecule has 0 aliphatic rings. The van der Waals surface area contributed by atoms with Gasteiger partial charge in [0.2, 0.25) is 0 Å². The van der Waals surface area contributed by atoms with Gasteiger partial charge in [-0.2, -0.15) is 16.6 Å². The third-order valence-electron chi connectivity index (χ3n) is 2.19. The second kappa shape index (κ2) is 4.94. The van der Waals surface area contributed by atoms with E-state index in [1.54, 1.807) is 5.38 Å². The highest BCUT2D eigenvalue weighted by Gasteiger charge is 2.17. The van der Waals surface area contributed by atoms with Crippen molar-refractivity contribution in [3.63, 3.8) is 0 Å². The molecule has 1 N–H and O–H groups in total. The van der Waals surface area contributed by atoms with Gasteiger partial charge >= 0.3 is 0 Å². The van der Waals surface area contributed by atoms with Crippen LogP contribution in [0.4, 0.5) is 0 Å². The first-order valence-electron chi connectivity index (χ1n) is 4.79. The van der Waals surface area contributed by atoms with Gasteiger partial charge in [0, 0.05) is 5.38 Å². The van der Waals surface area contributed by atoms with Crippen LogP contribution in [0, 0.1) is 24.2 Å². The molecule has 1 unspecified atom stereocenters. The minimum Gasteiger partial charge on any atom is -0.336 e. The Bertz CT molecular complexity index is 390. The first-order chi connectivity index (χ1) is 7.06. The van der Waals surface area contributed by atoms with Crippen LogP contribution in [0.2, 0.25) is 0 Å². The molecule has 3 nitrogen and oxygen atoms in total. The van der Waals surface area contributed by atoms with Gasteiger partial charge in [-0.1, -0.05) is 13.8 Å². The van der Waals surface area contributed by atoms with Crippen LogP contribution in [0.25, 0.3) is 0 Å². The van der Waals surface area contributed by atoms with Gasteiger partial charge in [0.15, 0.2) is 0 Å². The number of nitriles is 1. The van der Waals surface area contributed by atoms with Crippen molar-refractivity contribution in [3.05, 3.63) is 21.9 Å². The van der Waals surface area contributed by atoms with Crippen molar-refractivity contribution in [3.8, 4) is 6.07 Å². The molecule has 0 fully saturated rings. The third-order valence-corrected chi connectivity index (χ3v) is 3.05. The zero-order valence-electron chi connectivity index (χ0n) is 9.07. The van der Waals surface area contributed by atoms with E-state index in [1.165, 1.54) is 11.3 Å². The van der Waals surface area contributed by atoms with Crippen LogP contribution in [0.15, 0.2) is 10.8 Å². The van der Waals surface area contributed by atoms with E-state index in [9.17, 15) is 4.79 Å². The van der Waals surface area contributed by atoms with Gasteiger partial charge in [-0.25, -0.2) is 0 Å². The number of rotatable bonds is 3. The normalized spacial score (nSPS) is 12.2. The van der Waals surface area contributed by atoms with E-state index in [0.717, 1.165) is 5.56 Å². The summed E-state index contributed by atoms with van der Waals surface area (Å²) in [5.74, 6) is -0.0353. The Labute approximate surface area is 93.7 Å². The highest BCUT2D eigenvalue weighted by atomic mass is 32.1. The highest BCUT2D eigenvalue weighted by Crippen LogP contribution is 2.14. The fraction of sp³-hybridized carbons (Fsp3) is 0.455. The SMILES string of the molecule is Cc1cscc1C(=O)NC(C#N)C(C)C. The first kappa shape index (κ1) is 11.7. The van der Waals surface area contributed by atoms with Crippen molar-refractivity contribution in [1.29, 1.82) is 5.26 Å². The summed E-state index contributed by atoms with van der Waals surface area (Å²) in [5.41, 5.74) is 1.62. The van der Waals surface area contributed by atoms with E-state index in [2.05, 4.69) is 11.4 Å². The number of carbonyl (C=O) groups excluding carboxylic acids is 1. The summed E-state index contributed by atoms with van der Waals surface area (Å²) in [5, 5.41) is 15.3. The van der Waals surface area contributed by atoms with Crippen molar-refractivity contribution in [1.82, 2.24) is 5.32 Å². The lowest BCUT2D eigenvalue weighted by Gasteiger charge is -2.14. The quantitative estimate of drug-likeness (QED) is 0.853. The first-order valence-corrected chi connectivity index (χ1v) is 5.73. The standard InChI is InChI=1S/C11H14N2OS/c1-7(2)10(4-12)13-11(14)9-6-15-5-8(9)3/h5-7,10H,1-3H3,(H,13,14). The zero-order chi connectivity index (χ0) is 11.4. The Morgan fingerprint density at radius 1 is 1.53 bits per heavy atom. The summed E-state index contributed by atoms with van der Waals surface area (Å²) in [6.07, 6.45) is 0. The summed E-state index contributed by atoms with van der Waals surface area (Å²) in [6.45, 7) is 5.71. The van der Waals surface area contributed by atoms with Crippen LogP contribution in [-0.2, 0) is 0 Å². The van der Waals surface area contributed by atoms with E-state index < -0.39 is 6.04 Å². The van der Waals surface area contributed by atoms with Crippen LogP contribution in [0.1, 0.15) is 29.8 Å². The van der Waals surface area contributed by atoms with E-state index in [0.29, 0.717) is 5.56 Å². The molecule has 0 saturated carbocycles. The van der Waals surface area contributed by atoms with Gasteiger partial charge in [-0.3, -0.25) is 4.79 Å². The fourth-order valence-corrected chi connectivity index (χ4v) is 1.99. The van der Waals surface area contributed by atoms with Crippen molar-refractivity contribution in [2.24, 2.45) is 5.92 Å². The molecule has 1 amide bonds. The minimum absolute atomic E-state index is 0.123. The number of hydrogen-bond donors (Lipinski definition) is 1. The molecule has 1 aromatic rings. The molecular weight excluding hydrogens is 208 g/mol. The molecule has 80 valence electrons. The lowest BCUT2D eigenvalue weighted by Crippen LogP contribution is -2.37. The molecule has 15 heavy (non-hydrogen) atoms. The number of hydrogen-bond acceptors (Lipinski definition) is 3. The maximum Gasteiger partial charge on any atom is 0.253 e. The molecule has 1 rings (SSSR count). The highest BCUT2D eigenvalue weighted by molar-refractivity contribution is 7.08. The van der Waals surface area contributed by atoms with Crippen LogP contribution < -0.4 is 5.32 Å². The van der Waals surface area contributed by atoms with E-state index >= 15 is 0 Å². The van der Waals surface area contributed by atoms with Gasteiger partial charge in [0.25, 0.3) is 5.91 Å². The summed E-state index contributed by atoms with van der Waals surface area (Å²) in [6, 6.07) is 1.67. The van der Waals surface area contributed by atoms with Gasteiger partial charge < -0.3 is 5.32 Å². The summed E-state index contributed by atoms with van der Waals surface area (Å²) >= 11 is 1.49. The van der Waals surface area contributed by atoms with E-state index in [-0.39, 0.29) is 11.8 Å². The number of aryl methyl sites for hydroxylation is 1. The Hall–Kier alpha value is -1.34. The Morgan fingerprint density at radius 3 is 2.60 bits per heavy atom. The van der Waals surface area contributed by atoms with Gasteiger partial charge in [-0.05, 0) is 23.8 Å². The summed E-state index contributed by atoms with van der Waals surface area (Å²) in [4.78, 5) is 11.7. The third kappa shape index (κ3) is 2.80. The van der Waals surface area contributed by atoms with Gasteiger partial charge in [-0.15, -0.1) is 0 Å². The van der Waals surface area contributed by atoms with Crippen molar-refractivity contribution in [2.75, 3.05) is 0 Å². The molecule has 0 radical (unpaired) electrons. The van der Waals surface area contributed by atoms with Crippen molar-refractivity contribution >= 4 is 17.2 Å². The number of carbonyl (C=O) groups is 1. The molecule has 0 bridgehead atoms. The zero-order valence-corrected chi connectivity index (χ0v) is 9.89. The molecule has 1 heterocycles. The maximum absolute atomic E-state index is 11.7. The van der Waals surface area contributed by atoms with Gasteiger partial charge in [0.05, 0.1) is 11.6 Å². The Kier molecular flexibility index (Phi) is 3.87. The molecule has 4 heteroatoms. The van der Waals surface area contributed by atoms with Crippen LogP contribution in [0.3, 0.4) is 0 Å². The molecule has 1 atom stereocenters. The summed E-state index contributed by atoms with van der Waals surface area (Å²) in [7, 11) is 0. The van der Waals surface area contributed by atoms with E-state index in [1.807, 2.05) is 26.2 Å². The molecule has 0 aliphatic heterocycles. The van der Waals surface area contributed by atoms with Crippen LogP contribution >= 0.6 is 11.3 Å². The molecule has 1 aromatic heterocycles. The van der Waals surface area contributed by atoms with Crippen molar-refractivity contribution < 1.29 is 4.79 Å². The number of nitrogens with zero attached hydrogens (tertiary/aromatic N) is 1. The smallest absolute Gasteiger partial charge is 0.253 e. The van der Waals surface area contributed by atoms with Crippen molar-refractivity contribution in [2.45, 2.75) is 26.8 Å². The van der Waals surface area contributed by atoms with E-state index in [4.69, 9.17) is 5.26 Å². The molecule has 0 saturated heterocycles. The monoisotopic (exact) mass is 222 g/mol. The summed E-state index contributed by atoms with van der Waals surface area (Å²) < 4.78 is 0. The Balaban J connectivity index is 2.72. The number of thiophene rings is 1. The average Bonchev–Trinajstić information content (AvgIpc) is 2.60. The average molecular weight is 222 g/mol. The topological polar surface area (TPSA) is 52.9 Å². The Morgan fingerprint density at radius 2 is 2.20 bits per heavy atom. The minimum atomic E-state index is -0.420. The maximum atomic E-state index is 11.7. The lowest BCUT2D eigenvalue weighted by molar-refractivity contribution is 0.0937. The predicted octanol–water partition coefficient (Wildman–Crippen LogP) is 2.33. The van der Waals surface area contributed by atoms with Gasteiger partial charge in [0.1, 0.15) is 6.04 Å². The van der Waals surface area contributed by atoms with Crippen LogP contribution in [0.5, 0.6) is 0 Å². The fourth-order valence-electron chi connectivity index (χ4n) is 1.16. The molecule has 0 aromatic carbocycles. The second-order valence-corrected chi connectivity index (χ2v) is 4.54. The number of nitrogens with one attached hydrogen (secondary N) is 1. The molecular formula is C11H14N2OS. The molecule has 0 spiro atoms. The number of amides is 1.